The van der Waals surface area contributed by atoms with E-state index in [9.17, 15) is 40.5 Å². The maximum Gasteiger partial charge on any atom is 0.249 e. The zero-order valence-corrected chi connectivity index (χ0v) is 33.2. The van der Waals surface area contributed by atoms with Crippen LogP contribution < -0.4 is 5.32 Å². The number of hydrogen-bond donors (Lipinski definition) is 8. The summed E-state index contributed by atoms with van der Waals surface area (Å²) < 4.78 is 11.0. The van der Waals surface area contributed by atoms with Gasteiger partial charge in [0.05, 0.1) is 25.4 Å². The van der Waals surface area contributed by atoms with E-state index in [1.807, 2.05) is 0 Å². The maximum atomic E-state index is 13.0. The standard InChI is InChI=1S/C42H79NO10/c1-3-5-7-9-11-13-15-17-18-20-21-23-25-27-29-34(45)37(47)33(32-52-42-40(50)39(49)38(48)36(31-44)53-42)43-41(51)35(46)30-28-26-24-22-19-16-14-12-10-8-6-4-2/h19,21-23,33-40,42,44-50H,3-18,20,24-32H2,1-2H3,(H,43,51)/b22-19-,23-21+. The highest BCUT2D eigenvalue weighted by Crippen LogP contribution is 2.23. The summed E-state index contributed by atoms with van der Waals surface area (Å²) in [4.78, 5) is 13.0. The van der Waals surface area contributed by atoms with Crippen molar-refractivity contribution in [1.82, 2.24) is 5.32 Å². The number of aliphatic hydroxyl groups excluding tert-OH is 7. The molecule has 11 nitrogen and oxygen atoms in total. The van der Waals surface area contributed by atoms with Crippen LogP contribution in [0.4, 0.5) is 0 Å². The largest absolute Gasteiger partial charge is 0.394 e. The van der Waals surface area contributed by atoms with Crippen molar-refractivity contribution in [1.29, 1.82) is 0 Å². The van der Waals surface area contributed by atoms with Gasteiger partial charge in [-0.1, -0.05) is 128 Å². The maximum absolute atomic E-state index is 13.0. The Kier molecular flexibility index (Phi) is 30.7. The van der Waals surface area contributed by atoms with Crippen molar-refractivity contribution >= 4 is 5.91 Å². The molecule has 9 unspecified atom stereocenters. The number of amides is 1. The number of hydrogen-bond acceptors (Lipinski definition) is 10. The predicted molar refractivity (Wildman–Crippen MR) is 210 cm³/mol. The Balaban J connectivity index is 2.56. The van der Waals surface area contributed by atoms with Crippen LogP contribution in [0.3, 0.4) is 0 Å². The van der Waals surface area contributed by atoms with Crippen molar-refractivity contribution < 1.29 is 50.0 Å². The molecule has 0 aromatic rings. The Morgan fingerprint density at radius 2 is 1.11 bits per heavy atom. The lowest BCUT2D eigenvalue weighted by Gasteiger charge is -2.40. The monoisotopic (exact) mass is 758 g/mol. The van der Waals surface area contributed by atoms with Gasteiger partial charge in [-0.3, -0.25) is 4.79 Å². The zero-order chi connectivity index (χ0) is 39.1. The van der Waals surface area contributed by atoms with Crippen molar-refractivity contribution in [2.45, 2.75) is 223 Å². The Morgan fingerprint density at radius 1 is 0.642 bits per heavy atom. The Hall–Kier alpha value is -1.41. The first-order valence-electron chi connectivity index (χ1n) is 21.2. The number of rotatable bonds is 34. The van der Waals surface area contributed by atoms with E-state index in [2.05, 4.69) is 43.5 Å². The van der Waals surface area contributed by atoms with E-state index in [1.54, 1.807) is 0 Å². The summed E-state index contributed by atoms with van der Waals surface area (Å²) in [7, 11) is 0. The first-order chi connectivity index (χ1) is 25.7. The highest BCUT2D eigenvalue weighted by molar-refractivity contribution is 5.80. The third-order valence-electron chi connectivity index (χ3n) is 10.2. The van der Waals surface area contributed by atoms with Crippen LogP contribution in [0.15, 0.2) is 24.3 Å². The van der Waals surface area contributed by atoms with Gasteiger partial charge in [0.15, 0.2) is 6.29 Å². The molecule has 1 rings (SSSR count). The van der Waals surface area contributed by atoms with Gasteiger partial charge < -0.3 is 50.5 Å². The molecule has 312 valence electrons. The fraction of sp³-hybridized carbons (Fsp3) is 0.881. The average Bonchev–Trinajstić information content (AvgIpc) is 3.16. The van der Waals surface area contributed by atoms with Crippen molar-refractivity contribution in [2.24, 2.45) is 0 Å². The molecule has 8 N–H and O–H groups in total. The summed E-state index contributed by atoms with van der Waals surface area (Å²) in [5.74, 6) is -0.725. The van der Waals surface area contributed by atoms with E-state index in [-0.39, 0.29) is 12.8 Å². The molecule has 0 aliphatic carbocycles. The van der Waals surface area contributed by atoms with Crippen molar-refractivity contribution in [3.63, 3.8) is 0 Å². The van der Waals surface area contributed by atoms with Gasteiger partial charge in [0.25, 0.3) is 0 Å². The molecule has 1 aliphatic heterocycles. The van der Waals surface area contributed by atoms with Gasteiger partial charge in [-0.05, 0) is 64.2 Å². The zero-order valence-electron chi connectivity index (χ0n) is 33.2. The molecule has 0 saturated carbocycles. The Labute approximate surface area is 321 Å². The van der Waals surface area contributed by atoms with E-state index < -0.39 is 74.2 Å². The molecule has 11 heteroatoms. The Morgan fingerprint density at radius 3 is 1.62 bits per heavy atom. The van der Waals surface area contributed by atoms with Crippen LogP contribution in [-0.2, 0) is 14.3 Å². The van der Waals surface area contributed by atoms with Crippen LogP contribution in [-0.4, -0.2) is 110 Å². The summed E-state index contributed by atoms with van der Waals surface area (Å²) in [5, 5.41) is 75.3. The predicted octanol–water partition coefficient (Wildman–Crippen LogP) is 5.89. The minimum atomic E-state index is -1.67. The molecule has 9 atom stereocenters. The molecule has 0 spiro atoms. The van der Waals surface area contributed by atoms with Crippen LogP contribution in [0.25, 0.3) is 0 Å². The average molecular weight is 758 g/mol. The third kappa shape index (κ3) is 23.3. The van der Waals surface area contributed by atoms with E-state index >= 15 is 0 Å². The molecule has 0 aromatic heterocycles. The van der Waals surface area contributed by atoms with Crippen molar-refractivity contribution in [3.05, 3.63) is 24.3 Å². The van der Waals surface area contributed by atoms with Gasteiger partial charge in [-0.2, -0.15) is 0 Å². The van der Waals surface area contributed by atoms with Crippen LogP contribution in [0.2, 0.25) is 0 Å². The van der Waals surface area contributed by atoms with Crippen LogP contribution in [0.5, 0.6) is 0 Å². The minimum absolute atomic E-state index is 0.224. The molecule has 0 bridgehead atoms. The fourth-order valence-corrected chi connectivity index (χ4v) is 6.61. The summed E-state index contributed by atoms with van der Waals surface area (Å²) >= 11 is 0. The normalized spacial score (nSPS) is 23.1. The van der Waals surface area contributed by atoms with E-state index in [0.717, 1.165) is 38.5 Å². The molecule has 1 heterocycles. The second kappa shape index (κ2) is 32.8. The SMILES string of the molecule is CCCCCCCC/C=C\CCCCC(O)C(=O)NC(COC1OC(CO)C(O)C(O)C1O)C(O)C(O)CCC/C=C/CCCCCCCCCCC. The summed E-state index contributed by atoms with van der Waals surface area (Å²) in [5.41, 5.74) is 0. The van der Waals surface area contributed by atoms with Crippen molar-refractivity contribution in [3.8, 4) is 0 Å². The lowest BCUT2D eigenvalue weighted by atomic mass is 9.98. The molecule has 0 radical (unpaired) electrons. The van der Waals surface area contributed by atoms with Gasteiger partial charge in [-0.25, -0.2) is 0 Å². The van der Waals surface area contributed by atoms with Crippen LogP contribution >= 0.6 is 0 Å². The van der Waals surface area contributed by atoms with Gasteiger partial charge in [0.1, 0.15) is 36.6 Å². The Bertz CT molecular complexity index is 918. The number of aliphatic hydroxyl groups is 7. The van der Waals surface area contributed by atoms with E-state index in [1.165, 1.54) is 89.9 Å². The fourth-order valence-electron chi connectivity index (χ4n) is 6.61. The number of allylic oxidation sites excluding steroid dienone is 4. The van der Waals surface area contributed by atoms with Gasteiger partial charge in [0, 0.05) is 0 Å². The van der Waals surface area contributed by atoms with Crippen molar-refractivity contribution in [2.75, 3.05) is 13.2 Å². The molecule has 1 aliphatic rings. The molecule has 1 amide bonds. The lowest BCUT2D eigenvalue weighted by molar-refractivity contribution is -0.303. The highest BCUT2D eigenvalue weighted by Gasteiger charge is 2.44. The van der Waals surface area contributed by atoms with Crippen LogP contribution in [0, 0.1) is 0 Å². The molecule has 0 aromatic carbocycles. The second-order valence-corrected chi connectivity index (χ2v) is 15.1. The molecular weight excluding hydrogens is 678 g/mol. The first-order valence-corrected chi connectivity index (χ1v) is 21.2. The minimum Gasteiger partial charge on any atom is -0.394 e. The van der Waals surface area contributed by atoms with Gasteiger partial charge in [-0.15, -0.1) is 0 Å². The number of ether oxygens (including phenoxy) is 2. The molecule has 53 heavy (non-hydrogen) atoms. The smallest absolute Gasteiger partial charge is 0.249 e. The summed E-state index contributed by atoms with van der Waals surface area (Å²) in [6, 6.07) is -1.19. The molecule has 1 saturated heterocycles. The lowest BCUT2D eigenvalue weighted by Crippen LogP contribution is -2.60. The number of unbranched alkanes of at least 4 members (excludes halogenated alkanes) is 18. The second-order valence-electron chi connectivity index (χ2n) is 15.1. The highest BCUT2D eigenvalue weighted by atomic mass is 16.7. The topological polar surface area (TPSA) is 189 Å². The van der Waals surface area contributed by atoms with E-state index in [4.69, 9.17) is 9.47 Å². The number of nitrogens with one attached hydrogen (secondary N) is 1. The van der Waals surface area contributed by atoms with E-state index in [0.29, 0.717) is 12.8 Å². The summed E-state index contributed by atoms with van der Waals surface area (Å²) in [6.45, 7) is 3.37. The number of carbonyl (C=O) groups excluding carboxylic acids is 1. The molecule has 1 fully saturated rings. The summed E-state index contributed by atoms with van der Waals surface area (Å²) in [6.07, 6.45) is 22.4. The number of carbonyl (C=O) groups is 1. The van der Waals surface area contributed by atoms with Crippen LogP contribution in [0.1, 0.15) is 168 Å². The third-order valence-corrected chi connectivity index (χ3v) is 10.2. The first kappa shape index (κ1) is 49.6. The van der Waals surface area contributed by atoms with Gasteiger partial charge >= 0.3 is 0 Å². The van der Waals surface area contributed by atoms with Gasteiger partial charge in [0.2, 0.25) is 5.91 Å². The quantitative estimate of drug-likeness (QED) is 0.0291. The molecular formula is C42H79NO10.